The van der Waals surface area contributed by atoms with E-state index in [1.807, 2.05) is 0 Å². The summed E-state index contributed by atoms with van der Waals surface area (Å²) in [5, 5.41) is 0. The molecule has 0 aromatic carbocycles. The third-order valence-corrected chi connectivity index (χ3v) is 4.97. The van der Waals surface area contributed by atoms with Crippen LogP contribution in [0.15, 0.2) is 18.5 Å². The Hall–Kier alpha value is 0.900. The zero-order valence-electron chi connectivity index (χ0n) is 4.84. The van der Waals surface area contributed by atoms with E-state index in [0.29, 0.717) is 3.79 Å². The van der Waals surface area contributed by atoms with Gasteiger partial charge in [-0.25, -0.2) is 8.42 Å². The summed E-state index contributed by atoms with van der Waals surface area (Å²) in [6.07, 6.45) is 0. The Labute approximate surface area is 89.2 Å². The lowest BCUT2D eigenvalue weighted by Gasteiger charge is -1.88. The van der Waals surface area contributed by atoms with Crippen molar-refractivity contribution in [2.45, 2.75) is 4.90 Å². The van der Waals surface area contributed by atoms with Crippen molar-refractivity contribution in [2.75, 3.05) is 0 Å². The molecule has 0 saturated heterocycles. The molecule has 7 heteroatoms. The lowest BCUT2D eigenvalue weighted by atomic mass is 10.7. The molecule has 62 valence electrons. The van der Waals surface area contributed by atoms with Crippen molar-refractivity contribution < 1.29 is 8.42 Å². The number of hydrogen-bond acceptors (Lipinski definition) is 3. The third kappa shape index (κ3) is 2.42. The molecular weight excluding hydrogens is 339 g/mol. The van der Waals surface area contributed by atoms with Crippen molar-refractivity contribution in [1.82, 2.24) is 0 Å². The number of hydrogen-bond donors (Lipinski definition) is 0. The topological polar surface area (TPSA) is 34.1 Å². The first-order valence-electron chi connectivity index (χ1n) is 2.31. The van der Waals surface area contributed by atoms with Gasteiger partial charge in [-0.1, -0.05) is 0 Å². The van der Waals surface area contributed by atoms with Crippen LogP contribution < -0.4 is 0 Å². The average molecular weight is 340 g/mol. The van der Waals surface area contributed by atoms with Crippen LogP contribution in [0.5, 0.6) is 0 Å². The maximum Gasteiger partial charge on any atom is 0.263 e. The van der Waals surface area contributed by atoms with Gasteiger partial charge in [0.2, 0.25) is 0 Å². The van der Waals surface area contributed by atoms with Crippen LogP contribution in [0.3, 0.4) is 0 Å². The minimum Gasteiger partial charge on any atom is -0.207 e. The SMILES string of the molecule is O=S(=O)(Cl)c1cc(Br)sc1Br. The Bertz CT molecular complexity index is 369. The van der Waals surface area contributed by atoms with Gasteiger partial charge in [-0.15, -0.1) is 11.3 Å². The van der Waals surface area contributed by atoms with E-state index in [2.05, 4.69) is 31.9 Å². The van der Waals surface area contributed by atoms with Gasteiger partial charge in [0.1, 0.15) is 4.90 Å². The van der Waals surface area contributed by atoms with Crippen molar-refractivity contribution in [1.29, 1.82) is 0 Å². The lowest BCUT2D eigenvalue weighted by Crippen LogP contribution is -1.86. The summed E-state index contributed by atoms with van der Waals surface area (Å²) in [7, 11) is 1.50. The Morgan fingerprint density at radius 2 is 2.00 bits per heavy atom. The zero-order valence-corrected chi connectivity index (χ0v) is 10.4. The van der Waals surface area contributed by atoms with Gasteiger partial charge in [0.15, 0.2) is 0 Å². The maximum atomic E-state index is 10.8. The van der Waals surface area contributed by atoms with Crippen LogP contribution in [-0.4, -0.2) is 8.42 Å². The van der Waals surface area contributed by atoms with Gasteiger partial charge in [-0.3, -0.25) is 0 Å². The van der Waals surface area contributed by atoms with E-state index in [9.17, 15) is 8.42 Å². The molecule has 0 aliphatic rings. The predicted molar refractivity (Wildman–Crippen MR) is 52.8 cm³/mol. The highest BCUT2D eigenvalue weighted by atomic mass is 79.9. The van der Waals surface area contributed by atoms with Gasteiger partial charge in [-0.05, 0) is 37.9 Å². The predicted octanol–water partition coefficient (Wildman–Crippen LogP) is 3.20. The Morgan fingerprint density at radius 1 is 1.45 bits per heavy atom. The molecule has 0 aliphatic heterocycles. The maximum absolute atomic E-state index is 10.8. The highest BCUT2D eigenvalue weighted by Crippen LogP contribution is 2.36. The van der Waals surface area contributed by atoms with Crippen molar-refractivity contribution >= 4 is 62.9 Å². The highest BCUT2D eigenvalue weighted by molar-refractivity contribution is 9.12. The van der Waals surface area contributed by atoms with E-state index < -0.39 is 9.05 Å². The Kier molecular flexibility index (Phi) is 3.03. The molecule has 0 radical (unpaired) electrons. The molecule has 0 unspecified atom stereocenters. The number of thiophene rings is 1. The highest BCUT2D eigenvalue weighted by Gasteiger charge is 2.17. The fourth-order valence-corrected chi connectivity index (χ4v) is 5.55. The van der Waals surface area contributed by atoms with Crippen LogP contribution in [0.25, 0.3) is 0 Å². The van der Waals surface area contributed by atoms with Crippen LogP contribution >= 0.6 is 53.9 Å². The van der Waals surface area contributed by atoms with Crippen molar-refractivity contribution in [3.05, 3.63) is 13.6 Å². The van der Waals surface area contributed by atoms with E-state index >= 15 is 0 Å². The number of halogens is 3. The average Bonchev–Trinajstić information content (AvgIpc) is 2.08. The molecule has 0 N–H and O–H groups in total. The normalized spacial score (nSPS) is 11.9. The zero-order chi connectivity index (χ0) is 8.65. The summed E-state index contributed by atoms with van der Waals surface area (Å²) in [5.41, 5.74) is 0. The third-order valence-electron chi connectivity index (χ3n) is 0.888. The van der Waals surface area contributed by atoms with Gasteiger partial charge < -0.3 is 0 Å². The summed E-state index contributed by atoms with van der Waals surface area (Å²) in [5.74, 6) is 0. The fourth-order valence-electron chi connectivity index (χ4n) is 0.491. The number of rotatable bonds is 1. The van der Waals surface area contributed by atoms with Crippen LogP contribution in [-0.2, 0) is 9.05 Å². The van der Waals surface area contributed by atoms with Gasteiger partial charge in [0.25, 0.3) is 9.05 Å². The summed E-state index contributed by atoms with van der Waals surface area (Å²) in [6, 6.07) is 1.46. The smallest absolute Gasteiger partial charge is 0.207 e. The minimum atomic E-state index is -3.61. The first kappa shape index (κ1) is 9.98. The Balaban J connectivity index is 3.36. The first-order valence-corrected chi connectivity index (χ1v) is 7.02. The van der Waals surface area contributed by atoms with Gasteiger partial charge in [0.05, 0.1) is 7.57 Å². The molecule has 1 rings (SSSR count). The second-order valence-electron chi connectivity index (χ2n) is 1.63. The van der Waals surface area contributed by atoms with E-state index in [4.69, 9.17) is 10.7 Å². The molecule has 0 spiro atoms. The molecule has 0 atom stereocenters. The van der Waals surface area contributed by atoms with E-state index in [-0.39, 0.29) is 4.90 Å². The summed E-state index contributed by atoms with van der Waals surface area (Å²) < 4.78 is 22.8. The van der Waals surface area contributed by atoms with E-state index in [0.717, 1.165) is 3.79 Å². The largest absolute Gasteiger partial charge is 0.263 e. The summed E-state index contributed by atoms with van der Waals surface area (Å²) in [4.78, 5) is 0.107. The second-order valence-corrected chi connectivity index (χ2v) is 7.91. The van der Waals surface area contributed by atoms with Crippen LogP contribution in [0.1, 0.15) is 0 Å². The van der Waals surface area contributed by atoms with Crippen molar-refractivity contribution in [3.63, 3.8) is 0 Å². The molecule has 0 aliphatic carbocycles. The van der Waals surface area contributed by atoms with E-state index in [1.54, 1.807) is 0 Å². The molecule has 0 fully saturated rings. The quantitative estimate of drug-likeness (QED) is 0.736. The van der Waals surface area contributed by atoms with Gasteiger partial charge in [0, 0.05) is 10.7 Å². The van der Waals surface area contributed by atoms with Crippen molar-refractivity contribution in [2.24, 2.45) is 0 Å². The second kappa shape index (κ2) is 3.33. The standard InChI is InChI=1S/C4HBr2ClO2S2/c5-3-1-2(4(6)10-3)11(7,8)9/h1H. The monoisotopic (exact) mass is 338 g/mol. The lowest BCUT2D eigenvalue weighted by molar-refractivity contribution is 0.609. The molecule has 0 saturated carbocycles. The van der Waals surface area contributed by atoms with E-state index in [1.165, 1.54) is 17.4 Å². The van der Waals surface area contributed by atoms with Crippen LogP contribution in [0.4, 0.5) is 0 Å². The fraction of sp³-hybridized carbons (Fsp3) is 0. The molecule has 2 nitrogen and oxygen atoms in total. The molecule has 11 heavy (non-hydrogen) atoms. The molecule has 0 bridgehead atoms. The minimum absolute atomic E-state index is 0.107. The summed E-state index contributed by atoms with van der Waals surface area (Å²) >= 11 is 7.48. The summed E-state index contributed by atoms with van der Waals surface area (Å²) in [6.45, 7) is 0. The first-order chi connectivity index (χ1) is 4.91. The van der Waals surface area contributed by atoms with Gasteiger partial charge >= 0.3 is 0 Å². The Morgan fingerprint density at radius 3 is 2.18 bits per heavy atom. The van der Waals surface area contributed by atoms with Gasteiger partial charge in [-0.2, -0.15) is 0 Å². The van der Waals surface area contributed by atoms with Crippen LogP contribution in [0.2, 0.25) is 0 Å². The molecule has 1 heterocycles. The van der Waals surface area contributed by atoms with Crippen molar-refractivity contribution in [3.8, 4) is 0 Å². The molecule has 0 amide bonds. The molecular formula is C4HBr2ClO2S2. The molecule has 1 aromatic heterocycles. The van der Waals surface area contributed by atoms with Crippen LogP contribution in [0, 0.1) is 0 Å². The molecule has 1 aromatic rings.